The second kappa shape index (κ2) is 5.00. The number of nitrogens with one attached hydrogen (secondary N) is 2. The van der Waals surface area contributed by atoms with Crippen LogP contribution in [-0.2, 0) is 14.8 Å². The van der Waals surface area contributed by atoms with Crippen molar-refractivity contribution in [3.05, 3.63) is 28.3 Å². The van der Waals surface area contributed by atoms with Crippen LogP contribution in [0.1, 0.15) is 6.92 Å². The Bertz CT molecular complexity index is 596. The van der Waals surface area contributed by atoms with Gasteiger partial charge < -0.3 is 5.32 Å². The van der Waals surface area contributed by atoms with E-state index in [1.165, 1.54) is 19.1 Å². The molecular weight excluding hydrogens is 262 g/mol. The third kappa shape index (κ3) is 4.01. The summed E-state index contributed by atoms with van der Waals surface area (Å²) in [6.45, 7) is 1.26. The monoisotopic (exact) mass is 273 g/mol. The first kappa shape index (κ1) is 13.9. The van der Waals surface area contributed by atoms with Crippen LogP contribution in [0.3, 0.4) is 0 Å². The molecule has 0 fully saturated rings. The molecule has 98 valence electrons. The van der Waals surface area contributed by atoms with Crippen LogP contribution < -0.4 is 10.0 Å². The lowest BCUT2D eigenvalue weighted by molar-refractivity contribution is -0.383. The third-order valence-electron chi connectivity index (χ3n) is 1.81. The molecule has 18 heavy (non-hydrogen) atoms. The van der Waals surface area contributed by atoms with E-state index < -0.39 is 20.6 Å². The highest BCUT2D eigenvalue weighted by Crippen LogP contribution is 2.28. The van der Waals surface area contributed by atoms with Gasteiger partial charge >= 0.3 is 0 Å². The summed E-state index contributed by atoms with van der Waals surface area (Å²) in [4.78, 5) is 20.9. The molecule has 0 saturated carbocycles. The Labute approximate surface area is 103 Å². The summed E-state index contributed by atoms with van der Waals surface area (Å²) in [5.74, 6) is -0.381. The Morgan fingerprint density at radius 3 is 2.44 bits per heavy atom. The fourth-order valence-electron chi connectivity index (χ4n) is 1.25. The first-order valence-electron chi connectivity index (χ1n) is 4.73. The van der Waals surface area contributed by atoms with Crippen LogP contribution in [0.15, 0.2) is 18.2 Å². The maximum atomic E-state index is 11.0. The molecule has 0 atom stereocenters. The third-order valence-corrected chi connectivity index (χ3v) is 2.40. The number of hydrogen-bond donors (Lipinski definition) is 2. The zero-order chi connectivity index (χ0) is 13.9. The van der Waals surface area contributed by atoms with Crippen molar-refractivity contribution in [2.75, 3.05) is 16.3 Å². The van der Waals surface area contributed by atoms with E-state index in [1.807, 2.05) is 4.72 Å². The zero-order valence-corrected chi connectivity index (χ0v) is 10.4. The first-order chi connectivity index (χ1) is 8.19. The molecule has 0 bridgehead atoms. The van der Waals surface area contributed by atoms with Crippen molar-refractivity contribution in [2.24, 2.45) is 0 Å². The fourth-order valence-corrected chi connectivity index (χ4v) is 1.82. The standard InChI is InChI=1S/C9H11N3O5S/c1-6(13)10-7-3-4-8(11-18(2,16)17)9(5-7)12(14)15/h3-5,11H,1-2H3,(H,10,13). The van der Waals surface area contributed by atoms with E-state index in [-0.39, 0.29) is 17.3 Å². The maximum Gasteiger partial charge on any atom is 0.295 e. The molecule has 8 nitrogen and oxygen atoms in total. The molecule has 0 radical (unpaired) electrons. The lowest BCUT2D eigenvalue weighted by Crippen LogP contribution is -2.12. The Morgan fingerprint density at radius 2 is 2.00 bits per heavy atom. The first-order valence-corrected chi connectivity index (χ1v) is 6.62. The molecule has 9 heteroatoms. The van der Waals surface area contributed by atoms with Gasteiger partial charge in [0.1, 0.15) is 5.69 Å². The normalized spacial score (nSPS) is 10.8. The van der Waals surface area contributed by atoms with Gasteiger partial charge in [-0.2, -0.15) is 0 Å². The minimum Gasteiger partial charge on any atom is -0.326 e. The average molecular weight is 273 g/mol. The Balaban J connectivity index is 3.20. The molecule has 2 N–H and O–H groups in total. The van der Waals surface area contributed by atoms with E-state index in [1.54, 1.807) is 0 Å². The largest absolute Gasteiger partial charge is 0.326 e. The topological polar surface area (TPSA) is 118 Å². The van der Waals surface area contributed by atoms with Crippen LogP contribution in [0.5, 0.6) is 0 Å². The van der Waals surface area contributed by atoms with Gasteiger partial charge in [0.25, 0.3) is 5.69 Å². The molecule has 0 aliphatic rings. The van der Waals surface area contributed by atoms with Crippen molar-refractivity contribution in [1.29, 1.82) is 0 Å². The summed E-state index contributed by atoms with van der Waals surface area (Å²) in [5.41, 5.74) is -0.378. The molecule has 1 aromatic rings. The van der Waals surface area contributed by atoms with Crippen molar-refractivity contribution in [2.45, 2.75) is 6.92 Å². The molecule has 0 aliphatic heterocycles. The van der Waals surface area contributed by atoms with Gasteiger partial charge in [0, 0.05) is 18.7 Å². The predicted molar refractivity (Wildman–Crippen MR) is 65.9 cm³/mol. The Hall–Kier alpha value is -2.16. The highest BCUT2D eigenvalue weighted by Gasteiger charge is 2.17. The van der Waals surface area contributed by atoms with Gasteiger partial charge in [-0.3, -0.25) is 19.6 Å². The van der Waals surface area contributed by atoms with E-state index in [2.05, 4.69) is 5.32 Å². The van der Waals surface area contributed by atoms with Crippen molar-refractivity contribution in [1.82, 2.24) is 0 Å². The molecule has 0 aromatic heterocycles. The van der Waals surface area contributed by atoms with Crippen LogP contribution in [0, 0.1) is 10.1 Å². The summed E-state index contributed by atoms with van der Waals surface area (Å²) >= 11 is 0. The second-order valence-corrected chi connectivity index (χ2v) is 5.29. The molecule has 0 aliphatic carbocycles. The summed E-state index contributed by atoms with van der Waals surface area (Å²) in [6.07, 6.45) is 0.887. The van der Waals surface area contributed by atoms with Gasteiger partial charge in [-0.25, -0.2) is 8.42 Å². The SMILES string of the molecule is CC(=O)Nc1ccc(NS(C)(=O)=O)c([N+](=O)[O-])c1. The summed E-state index contributed by atoms with van der Waals surface area (Å²) in [5, 5.41) is 13.2. The van der Waals surface area contributed by atoms with E-state index in [4.69, 9.17) is 0 Å². The lowest BCUT2D eigenvalue weighted by Gasteiger charge is -2.07. The minimum atomic E-state index is -3.61. The molecule has 0 spiro atoms. The number of carbonyl (C=O) groups excluding carboxylic acids is 1. The van der Waals surface area contributed by atoms with Gasteiger partial charge in [-0.05, 0) is 12.1 Å². The van der Waals surface area contributed by atoms with Gasteiger partial charge in [-0.1, -0.05) is 0 Å². The highest BCUT2D eigenvalue weighted by atomic mass is 32.2. The average Bonchev–Trinajstić information content (AvgIpc) is 2.17. The van der Waals surface area contributed by atoms with Crippen LogP contribution in [-0.4, -0.2) is 25.5 Å². The molecule has 1 aromatic carbocycles. The van der Waals surface area contributed by atoms with Crippen LogP contribution in [0.4, 0.5) is 17.1 Å². The second-order valence-electron chi connectivity index (χ2n) is 3.54. The van der Waals surface area contributed by atoms with E-state index in [9.17, 15) is 23.3 Å². The molecular formula is C9H11N3O5S. The van der Waals surface area contributed by atoms with Gasteiger partial charge in [0.2, 0.25) is 15.9 Å². The number of nitrogens with zero attached hydrogens (tertiary/aromatic N) is 1. The molecule has 0 unspecified atom stereocenters. The Kier molecular flexibility index (Phi) is 3.86. The Morgan fingerprint density at radius 1 is 1.39 bits per heavy atom. The van der Waals surface area contributed by atoms with E-state index in [0.717, 1.165) is 12.3 Å². The maximum absolute atomic E-state index is 11.0. The summed E-state index contributed by atoms with van der Waals surface area (Å²) in [6, 6.07) is 3.65. The minimum absolute atomic E-state index is 0.156. The quantitative estimate of drug-likeness (QED) is 0.624. The number of carbonyl (C=O) groups is 1. The molecule has 1 amide bonds. The fraction of sp³-hybridized carbons (Fsp3) is 0.222. The van der Waals surface area contributed by atoms with Crippen molar-refractivity contribution >= 4 is 33.0 Å². The number of anilines is 2. The summed E-state index contributed by atoms with van der Waals surface area (Å²) < 4.78 is 24.1. The van der Waals surface area contributed by atoms with Crippen molar-refractivity contribution in [3.8, 4) is 0 Å². The lowest BCUT2D eigenvalue weighted by atomic mass is 10.2. The van der Waals surface area contributed by atoms with Crippen LogP contribution in [0.25, 0.3) is 0 Å². The number of benzene rings is 1. The number of hydrogen-bond acceptors (Lipinski definition) is 5. The number of rotatable bonds is 4. The number of amides is 1. The molecule has 0 saturated heterocycles. The van der Waals surface area contributed by atoms with Gasteiger partial charge in [0.05, 0.1) is 11.2 Å². The van der Waals surface area contributed by atoms with Crippen LogP contribution >= 0.6 is 0 Å². The zero-order valence-electron chi connectivity index (χ0n) is 9.63. The molecule has 1 rings (SSSR count). The summed E-state index contributed by atoms with van der Waals surface area (Å²) in [7, 11) is -3.61. The number of sulfonamides is 1. The number of nitro groups is 1. The van der Waals surface area contributed by atoms with E-state index in [0.29, 0.717) is 0 Å². The van der Waals surface area contributed by atoms with E-state index >= 15 is 0 Å². The van der Waals surface area contributed by atoms with Crippen LogP contribution in [0.2, 0.25) is 0 Å². The van der Waals surface area contributed by atoms with Gasteiger partial charge in [0.15, 0.2) is 0 Å². The highest BCUT2D eigenvalue weighted by molar-refractivity contribution is 7.92. The van der Waals surface area contributed by atoms with Crippen molar-refractivity contribution in [3.63, 3.8) is 0 Å². The molecule has 0 heterocycles. The smallest absolute Gasteiger partial charge is 0.295 e. The number of nitro benzene ring substituents is 1. The predicted octanol–water partition coefficient (Wildman–Crippen LogP) is 0.925. The van der Waals surface area contributed by atoms with Gasteiger partial charge in [-0.15, -0.1) is 0 Å². The van der Waals surface area contributed by atoms with Crippen molar-refractivity contribution < 1.29 is 18.1 Å².